The molecule has 1 atom stereocenters. The molecule has 0 amide bonds. The standard InChI is InChI=1S/C16H17NO5/c1-9(18)14-15(13-8-17-5-6-21-13)11-4-3-10(20-2)7-12(11)22-16(14)19/h3-4,7,13,17H,5-6,8H2,1-2H3. The number of carbonyl (C=O) groups is 1. The predicted octanol–water partition coefficient (Wildman–Crippen LogP) is 1.67. The Hall–Kier alpha value is -2.18. The number of hydrogen-bond donors (Lipinski definition) is 1. The van der Waals surface area contributed by atoms with E-state index in [0.717, 1.165) is 6.54 Å². The van der Waals surface area contributed by atoms with E-state index < -0.39 is 5.63 Å². The van der Waals surface area contributed by atoms with Crippen molar-refractivity contribution in [3.8, 4) is 5.75 Å². The monoisotopic (exact) mass is 303 g/mol. The molecule has 6 heteroatoms. The van der Waals surface area contributed by atoms with Gasteiger partial charge in [0.2, 0.25) is 0 Å². The third kappa shape index (κ3) is 2.51. The Labute approximate surface area is 127 Å². The summed E-state index contributed by atoms with van der Waals surface area (Å²) in [4.78, 5) is 24.2. The number of ether oxygens (including phenoxy) is 2. The van der Waals surface area contributed by atoms with Crippen LogP contribution in [0.3, 0.4) is 0 Å². The Morgan fingerprint density at radius 2 is 2.23 bits per heavy atom. The second kappa shape index (κ2) is 5.90. The molecule has 1 aromatic heterocycles. The number of hydrogen-bond acceptors (Lipinski definition) is 6. The number of carbonyl (C=O) groups excluding carboxylic acids is 1. The molecular formula is C16H17NO5. The van der Waals surface area contributed by atoms with E-state index in [1.807, 2.05) is 0 Å². The van der Waals surface area contributed by atoms with Gasteiger partial charge in [-0.05, 0) is 19.1 Å². The predicted molar refractivity (Wildman–Crippen MR) is 80.6 cm³/mol. The van der Waals surface area contributed by atoms with E-state index in [-0.39, 0.29) is 17.5 Å². The highest BCUT2D eigenvalue weighted by molar-refractivity contribution is 5.99. The van der Waals surface area contributed by atoms with Gasteiger partial charge in [-0.1, -0.05) is 0 Å². The second-order valence-electron chi connectivity index (χ2n) is 5.16. The Bertz CT molecular complexity index is 774. The van der Waals surface area contributed by atoms with Gasteiger partial charge in [0, 0.05) is 30.1 Å². The van der Waals surface area contributed by atoms with Crippen LogP contribution < -0.4 is 15.7 Å². The van der Waals surface area contributed by atoms with Crippen molar-refractivity contribution in [1.82, 2.24) is 5.32 Å². The summed E-state index contributed by atoms with van der Waals surface area (Å²) in [6.45, 7) is 3.19. The molecule has 6 nitrogen and oxygen atoms in total. The summed E-state index contributed by atoms with van der Waals surface area (Å²) in [6.07, 6.45) is -0.354. The quantitative estimate of drug-likeness (QED) is 0.686. The van der Waals surface area contributed by atoms with Crippen LogP contribution in [0.4, 0.5) is 0 Å². The Kier molecular flexibility index (Phi) is 3.96. The summed E-state index contributed by atoms with van der Waals surface area (Å²) < 4.78 is 16.2. The minimum atomic E-state index is -0.641. The van der Waals surface area contributed by atoms with E-state index >= 15 is 0 Å². The molecule has 2 heterocycles. The molecule has 1 fully saturated rings. The van der Waals surface area contributed by atoms with Crippen molar-refractivity contribution in [3.63, 3.8) is 0 Å². The van der Waals surface area contributed by atoms with Crippen molar-refractivity contribution in [2.75, 3.05) is 26.8 Å². The lowest BCUT2D eigenvalue weighted by Gasteiger charge is -2.26. The molecule has 1 aromatic carbocycles. The van der Waals surface area contributed by atoms with E-state index in [9.17, 15) is 9.59 Å². The molecule has 1 aliphatic heterocycles. The number of nitrogens with one attached hydrogen (secondary N) is 1. The SMILES string of the molecule is COc1ccc2c(C3CNCCO3)c(C(C)=O)c(=O)oc2c1. The molecule has 116 valence electrons. The summed E-state index contributed by atoms with van der Waals surface area (Å²) in [6, 6.07) is 5.20. The van der Waals surface area contributed by atoms with Gasteiger partial charge in [0.25, 0.3) is 0 Å². The van der Waals surface area contributed by atoms with Gasteiger partial charge in [-0.25, -0.2) is 4.79 Å². The lowest BCUT2D eigenvalue weighted by molar-refractivity contribution is 0.0277. The maximum absolute atomic E-state index is 12.2. The minimum absolute atomic E-state index is 0.0615. The summed E-state index contributed by atoms with van der Waals surface area (Å²) in [5, 5.41) is 3.91. The zero-order chi connectivity index (χ0) is 15.7. The number of fused-ring (bicyclic) bond motifs is 1. The molecule has 1 aliphatic rings. The van der Waals surface area contributed by atoms with Gasteiger partial charge in [-0.15, -0.1) is 0 Å². The number of benzene rings is 1. The van der Waals surface area contributed by atoms with Crippen molar-refractivity contribution in [1.29, 1.82) is 0 Å². The molecular weight excluding hydrogens is 286 g/mol. The van der Waals surface area contributed by atoms with E-state index in [2.05, 4.69) is 5.32 Å². The smallest absolute Gasteiger partial charge is 0.347 e. The first-order chi connectivity index (χ1) is 10.6. The van der Waals surface area contributed by atoms with Crippen LogP contribution in [0.5, 0.6) is 5.75 Å². The van der Waals surface area contributed by atoms with Crippen molar-refractivity contribution in [2.45, 2.75) is 13.0 Å². The first-order valence-corrected chi connectivity index (χ1v) is 7.10. The molecule has 0 radical (unpaired) electrons. The molecule has 0 bridgehead atoms. The maximum Gasteiger partial charge on any atom is 0.347 e. The van der Waals surface area contributed by atoms with Gasteiger partial charge in [0.1, 0.15) is 16.9 Å². The first-order valence-electron chi connectivity index (χ1n) is 7.10. The summed E-state index contributed by atoms with van der Waals surface area (Å²) in [7, 11) is 1.54. The topological polar surface area (TPSA) is 77.8 Å². The van der Waals surface area contributed by atoms with Gasteiger partial charge >= 0.3 is 5.63 Å². The molecule has 1 unspecified atom stereocenters. The molecule has 1 N–H and O–H groups in total. The Morgan fingerprint density at radius 3 is 2.86 bits per heavy atom. The maximum atomic E-state index is 12.2. The fraction of sp³-hybridized carbons (Fsp3) is 0.375. The average Bonchev–Trinajstić information content (AvgIpc) is 2.53. The highest BCUT2D eigenvalue weighted by atomic mass is 16.5. The van der Waals surface area contributed by atoms with E-state index in [1.165, 1.54) is 14.0 Å². The normalized spacial score (nSPS) is 18.4. The van der Waals surface area contributed by atoms with Crippen LogP contribution in [0.2, 0.25) is 0 Å². The highest BCUT2D eigenvalue weighted by Gasteiger charge is 2.27. The molecule has 0 spiro atoms. The zero-order valence-corrected chi connectivity index (χ0v) is 12.5. The second-order valence-corrected chi connectivity index (χ2v) is 5.16. The fourth-order valence-corrected chi connectivity index (χ4v) is 2.75. The van der Waals surface area contributed by atoms with Crippen LogP contribution in [0.25, 0.3) is 11.0 Å². The van der Waals surface area contributed by atoms with Crippen LogP contribution in [-0.2, 0) is 4.74 Å². The van der Waals surface area contributed by atoms with Crippen molar-refractivity contribution >= 4 is 16.8 Å². The molecule has 3 rings (SSSR count). The number of methoxy groups -OCH3 is 1. The summed E-state index contributed by atoms with van der Waals surface area (Å²) >= 11 is 0. The number of rotatable bonds is 3. The van der Waals surface area contributed by atoms with Gasteiger partial charge in [0.15, 0.2) is 5.78 Å². The lowest BCUT2D eigenvalue weighted by Crippen LogP contribution is -2.35. The number of ketones is 1. The van der Waals surface area contributed by atoms with Gasteiger partial charge in [-0.2, -0.15) is 0 Å². The third-order valence-corrected chi connectivity index (χ3v) is 3.76. The molecule has 22 heavy (non-hydrogen) atoms. The van der Waals surface area contributed by atoms with Crippen molar-refractivity contribution in [2.24, 2.45) is 0 Å². The molecule has 0 saturated carbocycles. The minimum Gasteiger partial charge on any atom is -0.497 e. The summed E-state index contributed by atoms with van der Waals surface area (Å²) in [5.74, 6) is 0.260. The van der Waals surface area contributed by atoms with Crippen LogP contribution in [0.15, 0.2) is 27.4 Å². The zero-order valence-electron chi connectivity index (χ0n) is 12.5. The highest BCUT2D eigenvalue weighted by Crippen LogP contribution is 2.31. The van der Waals surface area contributed by atoms with Crippen LogP contribution >= 0.6 is 0 Å². The van der Waals surface area contributed by atoms with E-state index in [4.69, 9.17) is 13.9 Å². The fourth-order valence-electron chi connectivity index (χ4n) is 2.75. The van der Waals surface area contributed by atoms with Gasteiger partial charge < -0.3 is 19.2 Å². The lowest BCUT2D eigenvalue weighted by atomic mass is 9.96. The number of Topliss-reactive ketones (excluding diaryl/α,β-unsaturated/α-hetero) is 1. The van der Waals surface area contributed by atoms with Crippen LogP contribution in [0, 0.1) is 0 Å². The molecule has 0 aliphatic carbocycles. The van der Waals surface area contributed by atoms with E-state index in [1.54, 1.807) is 18.2 Å². The third-order valence-electron chi connectivity index (χ3n) is 3.76. The average molecular weight is 303 g/mol. The first kappa shape index (κ1) is 14.7. The molecule has 2 aromatic rings. The number of morpholine rings is 1. The van der Waals surface area contributed by atoms with E-state index in [0.29, 0.717) is 35.4 Å². The summed E-state index contributed by atoms with van der Waals surface area (Å²) in [5.41, 5.74) is 0.399. The van der Waals surface area contributed by atoms with Gasteiger partial charge in [0.05, 0.1) is 19.8 Å². The largest absolute Gasteiger partial charge is 0.497 e. The van der Waals surface area contributed by atoms with Crippen LogP contribution in [-0.4, -0.2) is 32.6 Å². The Balaban J connectivity index is 2.30. The van der Waals surface area contributed by atoms with Gasteiger partial charge in [-0.3, -0.25) is 4.79 Å². The van der Waals surface area contributed by atoms with Crippen molar-refractivity contribution in [3.05, 3.63) is 39.7 Å². The Morgan fingerprint density at radius 1 is 1.41 bits per heavy atom. The van der Waals surface area contributed by atoms with Crippen LogP contribution in [0.1, 0.15) is 28.9 Å². The van der Waals surface area contributed by atoms with Crippen molar-refractivity contribution < 1.29 is 18.7 Å². The molecule has 1 saturated heterocycles.